The average molecular weight is 349 g/mol. The molecule has 1 unspecified atom stereocenters. The van der Waals surface area contributed by atoms with E-state index in [-0.39, 0.29) is 5.69 Å². The predicted molar refractivity (Wildman–Crippen MR) is 100 cm³/mol. The Morgan fingerprint density at radius 3 is 2.92 bits per heavy atom. The molecule has 1 fully saturated rings. The summed E-state index contributed by atoms with van der Waals surface area (Å²) >= 11 is 0. The number of anilines is 3. The number of benzene rings is 1. The molecule has 1 aromatic carbocycles. The van der Waals surface area contributed by atoms with Crippen LogP contribution in [0.2, 0.25) is 0 Å². The van der Waals surface area contributed by atoms with Crippen molar-refractivity contribution in [2.75, 3.05) is 23.7 Å². The predicted octanol–water partition coefficient (Wildman–Crippen LogP) is 1.64. The zero-order valence-corrected chi connectivity index (χ0v) is 14.1. The van der Waals surface area contributed by atoms with Crippen molar-refractivity contribution in [1.29, 1.82) is 0 Å². The molecule has 0 aliphatic carbocycles. The summed E-state index contributed by atoms with van der Waals surface area (Å²) in [5.74, 6) is 0.272. The number of primary amides is 1. The van der Waals surface area contributed by atoms with Crippen LogP contribution < -0.4 is 21.7 Å². The number of hydrogen-bond acceptors (Lipinski definition) is 7. The molecule has 3 aromatic rings. The summed E-state index contributed by atoms with van der Waals surface area (Å²) in [5.41, 5.74) is 7.14. The maximum Gasteiger partial charge on any atom is 0.271 e. The number of carbonyl (C=O) groups is 1. The summed E-state index contributed by atoms with van der Waals surface area (Å²) in [7, 11) is 0. The Morgan fingerprint density at radius 2 is 2.12 bits per heavy atom. The Hall–Kier alpha value is -3.26. The molecule has 26 heavy (non-hydrogen) atoms. The number of pyridine rings is 1. The zero-order valence-electron chi connectivity index (χ0n) is 14.1. The summed E-state index contributed by atoms with van der Waals surface area (Å²) < 4.78 is 0. The van der Waals surface area contributed by atoms with Crippen LogP contribution in [0.5, 0.6) is 0 Å². The molecule has 3 heterocycles. The molecule has 8 nitrogen and oxygen atoms in total. The van der Waals surface area contributed by atoms with Crippen LogP contribution in [0.1, 0.15) is 16.9 Å². The van der Waals surface area contributed by atoms with E-state index in [2.05, 4.69) is 30.9 Å². The van der Waals surface area contributed by atoms with Crippen molar-refractivity contribution in [3.8, 4) is 0 Å². The van der Waals surface area contributed by atoms with Crippen molar-refractivity contribution >= 4 is 34.1 Å². The van der Waals surface area contributed by atoms with Gasteiger partial charge in [-0.3, -0.25) is 9.78 Å². The molecule has 4 rings (SSSR count). The molecule has 8 heteroatoms. The highest BCUT2D eigenvalue weighted by molar-refractivity contribution is 5.96. The van der Waals surface area contributed by atoms with E-state index in [1.54, 1.807) is 6.20 Å². The van der Waals surface area contributed by atoms with Gasteiger partial charge in [0.05, 0.1) is 23.6 Å². The zero-order chi connectivity index (χ0) is 17.9. The van der Waals surface area contributed by atoms with E-state index < -0.39 is 5.91 Å². The number of hydrogen-bond donors (Lipinski definition) is 4. The van der Waals surface area contributed by atoms with Crippen molar-refractivity contribution in [2.24, 2.45) is 5.73 Å². The minimum Gasteiger partial charge on any atom is -0.365 e. The number of rotatable bonds is 5. The first-order chi connectivity index (χ1) is 12.7. The molecule has 1 aliphatic heterocycles. The molecular formula is C18H19N7O. The lowest BCUT2D eigenvalue weighted by Crippen LogP contribution is -2.24. The Kier molecular flexibility index (Phi) is 4.32. The second-order valence-electron chi connectivity index (χ2n) is 6.19. The third kappa shape index (κ3) is 3.40. The summed E-state index contributed by atoms with van der Waals surface area (Å²) in [6.07, 6.45) is 4.23. The fourth-order valence-corrected chi connectivity index (χ4v) is 2.99. The first kappa shape index (κ1) is 16.2. The van der Waals surface area contributed by atoms with E-state index in [9.17, 15) is 4.79 Å². The highest BCUT2D eigenvalue weighted by Crippen LogP contribution is 2.22. The van der Waals surface area contributed by atoms with Crippen LogP contribution in [-0.2, 0) is 0 Å². The van der Waals surface area contributed by atoms with Gasteiger partial charge >= 0.3 is 0 Å². The first-order valence-electron chi connectivity index (χ1n) is 8.45. The van der Waals surface area contributed by atoms with Crippen molar-refractivity contribution in [1.82, 2.24) is 20.3 Å². The Labute approximate surface area is 150 Å². The van der Waals surface area contributed by atoms with E-state index in [1.165, 1.54) is 6.20 Å². The molecular weight excluding hydrogens is 330 g/mol. The molecule has 1 atom stereocenters. The highest BCUT2D eigenvalue weighted by Gasteiger charge is 2.17. The number of para-hydroxylation sites is 1. The first-order valence-corrected chi connectivity index (χ1v) is 8.45. The van der Waals surface area contributed by atoms with Crippen molar-refractivity contribution in [3.05, 3.63) is 48.4 Å². The van der Waals surface area contributed by atoms with E-state index in [0.29, 0.717) is 23.4 Å². The molecule has 0 bridgehead atoms. The Morgan fingerprint density at radius 1 is 1.23 bits per heavy atom. The van der Waals surface area contributed by atoms with Gasteiger partial charge in [-0.05, 0) is 25.1 Å². The smallest absolute Gasteiger partial charge is 0.271 e. The molecule has 1 aliphatic rings. The molecule has 1 amide bonds. The third-order valence-corrected chi connectivity index (χ3v) is 4.27. The maximum absolute atomic E-state index is 11.7. The van der Waals surface area contributed by atoms with E-state index >= 15 is 0 Å². The number of nitrogens with two attached hydrogens (primary N) is 1. The Balaban J connectivity index is 1.64. The molecule has 2 aromatic heterocycles. The lowest BCUT2D eigenvalue weighted by Gasteiger charge is -2.14. The number of amides is 1. The SMILES string of the molecule is NC(=O)c1ncc(NC2CCNC2)nc1Nc1cnc2ccccc2c1. The minimum absolute atomic E-state index is 0.0910. The van der Waals surface area contributed by atoms with Crippen molar-refractivity contribution in [3.63, 3.8) is 0 Å². The second-order valence-corrected chi connectivity index (χ2v) is 6.19. The van der Waals surface area contributed by atoms with Crippen LogP contribution in [0.4, 0.5) is 17.3 Å². The minimum atomic E-state index is -0.636. The number of fused-ring (bicyclic) bond motifs is 1. The van der Waals surface area contributed by atoms with Gasteiger partial charge in [0.1, 0.15) is 5.82 Å². The lowest BCUT2D eigenvalue weighted by molar-refractivity contribution is 0.0996. The van der Waals surface area contributed by atoms with Crippen LogP contribution in [0, 0.1) is 0 Å². The number of carbonyl (C=O) groups excluding carboxylic acids is 1. The van der Waals surface area contributed by atoms with Crippen molar-refractivity contribution < 1.29 is 4.79 Å². The van der Waals surface area contributed by atoms with Crippen LogP contribution in [0.25, 0.3) is 10.9 Å². The van der Waals surface area contributed by atoms with Gasteiger partial charge in [0.25, 0.3) is 5.91 Å². The van der Waals surface area contributed by atoms with Gasteiger partial charge < -0.3 is 21.7 Å². The van der Waals surface area contributed by atoms with Crippen LogP contribution >= 0.6 is 0 Å². The summed E-state index contributed by atoms with van der Waals surface area (Å²) in [5, 5.41) is 10.7. The van der Waals surface area contributed by atoms with E-state index in [4.69, 9.17) is 5.73 Å². The van der Waals surface area contributed by atoms with Crippen LogP contribution in [-0.4, -0.2) is 40.0 Å². The summed E-state index contributed by atoms with van der Waals surface area (Å²) in [6, 6.07) is 10.0. The topological polar surface area (TPSA) is 118 Å². The fourth-order valence-electron chi connectivity index (χ4n) is 2.99. The standard InChI is InChI=1S/C18H19N7O/c19-17(26)16-18(25-15(10-22-16)23-12-5-6-20-8-12)24-13-7-11-3-1-2-4-14(11)21-9-13/h1-4,7,9-10,12,20H,5-6,8H2,(H2,19,26)(H2,23,24,25). The van der Waals surface area contributed by atoms with Gasteiger partial charge in [0.2, 0.25) is 0 Å². The van der Waals surface area contributed by atoms with Gasteiger partial charge in [-0.15, -0.1) is 0 Å². The molecule has 0 spiro atoms. The lowest BCUT2D eigenvalue weighted by atomic mass is 10.2. The van der Waals surface area contributed by atoms with Gasteiger partial charge in [-0.2, -0.15) is 0 Å². The van der Waals surface area contributed by atoms with E-state index in [0.717, 1.165) is 30.4 Å². The summed E-state index contributed by atoms with van der Waals surface area (Å²) in [4.78, 5) is 24.8. The molecule has 0 radical (unpaired) electrons. The monoisotopic (exact) mass is 349 g/mol. The Bertz CT molecular complexity index is 953. The number of aromatic nitrogens is 3. The van der Waals surface area contributed by atoms with Crippen LogP contribution in [0.15, 0.2) is 42.7 Å². The van der Waals surface area contributed by atoms with Gasteiger partial charge in [0, 0.05) is 18.0 Å². The quantitative estimate of drug-likeness (QED) is 0.553. The van der Waals surface area contributed by atoms with Crippen LogP contribution in [0.3, 0.4) is 0 Å². The largest absolute Gasteiger partial charge is 0.365 e. The third-order valence-electron chi connectivity index (χ3n) is 4.27. The fraction of sp³-hybridized carbons (Fsp3) is 0.222. The summed E-state index contributed by atoms with van der Waals surface area (Å²) in [6.45, 7) is 1.84. The molecule has 5 N–H and O–H groups in total. The second kappa shape index (κ2) is 6.93. The van der Waals surface area contributed by atoms with E-state index in [1.807, 2.05) is 30.3 Å². The molecule has 1 saturated heterocycles. The van der Waals surface area contributed by atoms with Gasteiger partial charge in [-0.1, -0.05) is 18.2 Å². The van der Waals surface area contributed by atoms with Gasteiger partial charge in [-0.25, -0.2) is 9.97 Å². The number of nitrogens with zero attached hydrogens (tertiary/aromatic N) is 3. The number of nitrogens with one attached hydrogen (secondary N) is 3. The van der Waals surface area contributed by atoms with Crippen molar-refractivity contribution in [2.45, 2.75) is 12.5 Å². The maximum atomic E-state index is 11.7. The molecule has 0 saturated carbocycles. The molecule has 132 valence electrons. The highest BCUT2D eigenvalue weighted by atomic mass is 16.1. The normalized spacial score (nSPS) is 16.5. The average Bonchev–Trinajstić information content (AvgIpc) is 3.14. The van der Waals surface area contributed by atoms with Gasteiger partial charge in [0.15, 0.2) is 11.5 Å².